The highest BCUT2D eigenvalue weighted by Gasteiger charge is 2.34. The number of anilines is 1. The lowest BCUT2D eigenvalue weighted by Crippen LogP contribution is -2.34. The SMILES string of the molecule is O=C(O)[C@H]1CC=CC[C@@H]1C(=O)Nc1ccc(Cl)cc1Cl. The van der Waals surface area contributed by atoms with Gasteiger partial charge >= 0.3 is 5.97 Å². The topological polar surface area (TPSA) is 66.4 Å². The van der Waals surface area contributed by atoms with Crippen LogP contribution in [-0.4, -0.2) is 17.0 Å². The summed E-state index contributed by atoms with van der Waals surface area (Å²) in [6, 6.07) is 4.73. The van der Waals surface area contributed by atoms with E-state index in [1.807, 2.05) is 6.08 Å². The number of carbonyl (C=O) groups excluding carboxylic acids is 1. The predicted octanol–water partition coefficient (Wildman–Crippen LogP) is 3.60. The molecule has 0 heterocycles. The molecule has 20 heavy (non-hydrogen) atoms. The van der Waals surface area contributed by atoms with E-state index in [-0.39, 0.29) is 5.91 Å². The molecule has 0 radical (unpaired) electrons. The van der Waals surface area contributed by atoms with Gasteiger partial charge in [0.15, 0.2) is 0 Å². The normalized spacial score (nSPS) is 21.5. The fraction of sp³-hybridized carbons (Fsp3) is 0.286. The smallest absolute Gasteiger partial charge is 0.307 e. The van der Waals surface area contributed by atoms with Crippen LogP contribution in [0.4, 0.5) is 5.69 Å². The fourth-order valence-corrected chi connectivity index (χ4v) is 2.65. The molecule has 0 saturated carbocycles. The molecule has 0 fully saturated rings. The molecular weight excluding hydrogens is 301 g/mol. The monoisotopic (exact) mass is 313 g/mol. The van der Waals surface area contributed by atoms with Gasteiger partial charge in [0.25, 0.3) is 0 Å². The lowest BCUT2D eigenvalue weighted by atomic mass is 9.82. The van der Waals surface area contributed by atoms with Gasteiger partial charge in [0, 0.05) is 5.02 Å². The van der Waals surface area contributed by atoms with Crippen molar-refractivity contribution in [2.75, 3.05) is 5.32 Å². The number of hydrogen-bond acceptors (Lipinski definition) is 2. The number of nitrogens with one attached hydrogen (secondary N) is 1. The minimum atomic E-state index is -0.961. The van der Waals surface area contributed by atoms with Gasteiger partial charge in [-0.25, -0.2) is 0 Å². The molecule has 0 aromatic heterocycles. The second-order valence-corrected chi connectivity index (χ2v) is 5.45. The number of halogens is 2. The molecular formula is C14H13Cl2NO3. The van der Waals surface area contributed by atoms with Crippen molar-refractivity contribution in [3.05, 3.63) is 40.4 Å². The van der Waals surface area contributed by atoms with Gasteiger partial charge in [-0.15, -0.1) is 0 Å². The molecule has 0 saturated heterocycles. The van der Waals surface area contributed by atoms with Crippen LogP contribution in [0, 0.1) is 11.8 Å². The van der Waals surface area contributed by atoms with E-state index in [4.69, 9.17) is 28.3 Å². The van der Waals surface area contributed by atoms with Gasteiger partial charge in [0.05, 0.1) is 22.5 Å². The Hall–Kier alpha value is -1.52. The van der Waals surface area contributed by atoms with Crippen LogP contribution in [0.3, 0.4) is 0 Å². The van der Waals surface area contributed by atoms with Crippen LogP contribution in [0.15, 0.2) is 30.4 Å². The number of allylic oxidation sites excluding steroid dienone is 2. The van der Waals surface area contributed by atoms with Crippen molar-refractivity contribution in [3.8, 4) is 0 Å². The Balaban J connectivity index is 2.14. The van der Waals surface area contributed by atoms with Crippen LogP contribution in [-0.2, 0) is 9.59 Å². The molecule has 1 aromatic carbocycles. The van der Waals surface area contributed by atoms with Gasteiger partial charge in [-0.1, -0.05) is 35.4 Å². The van der Waals surface area contributed by atoms with E-state index in [0.717, 1.165) is 0 Å². The standard InChI is InChI=1S/C14H13Cl2NO3/c15-8-5-6-12(11(16)7-8)17-13(18)9-3-1-2-4-10(9)14(19)20/h1-2,5-7,9-10H,3-4H2,(H,17,18)(H,19,20)/t9-,10-/m0/s1. The first kappa shape index (κ1) is 14.9. The number of carboxylic acid groups (broad SMARTS) is 1. The van der Waals surface area contributed by atoms with Crippen molar-refractivity contribution < 1.29 is 14.7 Å². The molecule has 1 aromatic rings. The molecule has 2 atom stereocenters. The van der Waals surface area contributed by atoms with Gasteiger partial charge in [0.2, 0.25) is 5.91 Å². The van der Waals surface area contributed by atoms with Crippen molar-refractivity contribution in [3.63, 3.8) is 0 Å². The summed E-state index contributed by atoms with van der Waals surface area (Å²) < 4.78 is 0. The van der Waals surface area contributed by atoms with Crippen LogP contribution in [0.2, 0.25) is 10.0 Å². The zero-order chi connectivity index (χ0) is 14.7. The molecule has 4 nitrogen and oxygen atoms in total. The minimum Gasteiger partial charge on any atom is -0.481 e. The van der Waals surface area contributed by atoms with E-state index in [9.17, 15) is 9.59 Å². The Morgan fingerprint density at radius 1 is 1.15 bits per heavy atom. The van der Waals surface area contributed by atoms with Gasteiger partial charge in [-0.05, 0) is 31.0 Å². The molecule has 0 bridgehead atoms. The van der Waals surface area contributed by atoms with Crippen molar-refractivity contribution in [2.45, 2.75) is 12.8 Å². The second-order valence-electron chi connectivity index (χ2n) is 4.61. The lowest BCUT2D eigenvalue weighted by molar-refractivity contribution is -0.146. The van der Waals surface area contributed by atoms with E-state index in [0.29, 0.717) is 28.6 Å². The molecule has 1 aliphatic rings. The lowest BCUT2D eigenvalue weighted by Gasteiger charge is -2.24. The average Bonchev–Trinajstić information content (AvgIpc) is 2.41. The summed E-state index contributed by atoms with van der Waals surface area (Å²) in [5.74, 6) is -2.60. The number of carbonyl (C=O) groups is 2. The van der Waals surface area contributed by atoms with Crippen molar-refractivity contribution in [2.24, 2.45) is 11.8 Å². The quantitative estimate of drug-likeness (QED) is 0.838. The third-order valence-electron chi connectivity index (χ3n) is 3.28. The van der Waals surface area contributed by atoms with E-state index >= 15 is 0 Å². The highest BCUT2D eigenvalue weighted by molar-refractivity contribution is 6.36. The van der Waals surface area contributed by atoms with Crippen LogP contribution >= 0.6 is 23.2 Å². The molecule has 0 spiro atoms. The maximum Gasteiger partial charge on any atom is 0.307 e. The summed E-state index contributed by atoms with van der Waals surface area (Å²) in [4.78, 5) is 23.4. The van der Waals surface area contributed by atoms with Gasteiger partial charge in [0.1, 0.15) is 0 Å². The summed E-state index contributed by atoms with van der Waals surface area (Å²) in [5, 5.41) is 12.6. The van der Waals surface area contributed by atoms with Gasteiger partial charge in [-0.3, -0.25) is 9.59 Å². The van der Waals surface area contributed by atoms with Crippen LogP contribution < -0.4 is 5.32 Å². The summed E-state index contributed by atoms with van der Waals surface area (Å²) in [6.07, 6.45) is 4.39. The Bertz CT molecular complexity index is 572. The first-order chi connectivity index (χ1) is 9.49. The molecule has 6 heteroatoms. The first-order valence-corrected chi connectivity index (χ1v) is 6.88. The highest BCUT2D eigenvalue weighted by Crippen LogP contribution is 2.30. The molecule has 2 N–H and O–H groups in total. The van der Waals surface area contributed by atoms with E-state index in [1.54, 1.807) is 18.2 Å². The summed E-state index contributed by atoms with van der Waals surface area (Å²) in [6.45, 7) is 0. The number of carboxylic acids is 1. The minimum absolute atomic E-state index is 0.323. The third-order valence-corrected chi connectivity index (χ3v) is 3.82. The van der Waals surface area contributed by atoms with Crippen molar-refractivity contribution in [1.82, 2.24) is 0 Å². The molecule has 0 unspecified atom stereocenters. The Labute approximate surface area is 126 Å². The molecule has 1 amide bonds. The van der Waals surface area contributed by atoms with Gasteiger partial charge < -0.3 is 10.4 Å². The third kappa shape index (κ3) is 3.32. The molecule has 2 rings (SSSR count). The summed E-state index contributed by atoms with van der Waals surface area (Å²) in [7, 11) is 0. The average molecular weight is 314 g/mol. The van der Waals surface area contributed by atoms with Crippen molar-refractivity contribution in [1.29, 1.82) is 0 Å². The van der Waals surface area contributed by atoms with Crippen LogP contribution in [0.1, 0.15) is 12.8 Å². The largest absolute Gasteiger partial charge is 0.481 e. The number of aliphatic carboxylic acids is 1. The maximum atomic E-state index is 12.2. The van der Waals surface area contributed by atoms with Crippen molar-refractivity contribution >= 4 is 40.8 Å². The Morgan fingerprint density at radius 2 is 1.80 bits per heavy atom. The second kappa shape index (κ2) is 6.29. The van der Waals surface area contributed by atoms with Crippen LogP contribution in [0.25, 0.3) is 0 Å². The molecule has 0 aliphatic heterocycles. The fourth-order valence-electron chi connectivity index (χ4n) is 2.19. The number of rotatable bonds is 3. The summed E-state index contributed by atoms with van der Waals surface area (Å²) in [5.41, 5.74) is 0.430. The van der Waals surface area contributed by atoms with Crippen LogP contribution in [0.5, 0.6) is 0 Å². The Morgan fingerprint density at radius 3 is 2.40 bits per heavy atom. The molecule has 106 valence electrons. The van der Waals surface area contributed by atoms with E-state index in [2.05, 4.69) is 5.32 Å². The number of hydrogen-bond donors (Lipinski definition) is 2. The van der Waals surface area contributed by atoms with Gasteiger partial charge in [-0.2, -0.15) is 0 Å². The highest BCUT2D eigenvalue weighted by atomic mass is 35.5. The summed E-state index contributed by atoms with van der Waals surface area (Å²) >= 11 is 11.8. The number of amides is 1. The van der Waals surface area contributed by atoms with E-state index in [1.165, 1.54) is 6.07 Å². The zero-order valence-corrected chi connectivity index (χ0v) is 12.0. The number of benzene rings is 1. The van der Waals surface area contributed by atoms with E-state index < -0.39 is 17.8 Å². The predicted molar refractivity (Wildman–Crippen MR) is 78.1 cm³/mol. The zero-order valence-electron chi connectivity index (χ0n) is 10.5. The first-order valence-electron chi connectivity index (χ1n) is 6.12. The molecule has 1 aliphatic carbocycles. The Kier molecular flexibility index (Phi) is 4.68. The maximum absolute atomic E-state index is 12.2.